The summed E-state index contributed by atoms with van der Waals surface area (Å²) in [5.74, 6) is -2.02. The smallest absolute Gasteiger partial charge is 0.270 e. The maximum absolute atomic E-state index is 13.6. The van der Waals surface area contributed by atoms with Crippen molar-refractivity contribution >= 4 is 23.3 Å². The minimum absolute atomic E-state index is 0.0547. The molecule has 1 saturated heterocycles. The molecule has 1 unspecified atom stereocenters. The Hall–Kier alpha value is -3.23. The van der Waals surface area contributed by atoms with Crippen LogP contribution in [0.25, 0.3) is 0 Å². The molecule has 1 saturated carbocycles. The highest BCUT2D eigenvalue weighted by molar-refractivity contribution is 6.03. The van der Waals surface area contributed by atoms with Gasteiger partial charge in [0.25, 0.3) is 5.91 Å². The van der Waals surface area contributed by atoms with Crippen LogP contribution in [-0.2, 0) is 9.59 Å². The average molecular weight is 414 g/mol. The van der Waals surface area contributed by atoms with E-state index in [0.717, 1.165) is 18.2 Å². The first kappa shape index (κ1) is 20.1. The van der Waals surface area contributed by atoms with Gasteiger partial charge in [-0.3, -0.25) is 14.4 Å². The number of aryl methyl sites for hydroxylation is 1. The first-order chi connectivity index (χ1) is 14.3. The van der Waals surface area contributed by atoms with Gasteiger partial charge in [-0.15, -0.1) is 0 Å². The lowest BCUT2D eigenvalue weighted by Crippen LogP contribution is -2.48. The second-order valence-electron chi connectivity index (χ2n) is 7.90. The zero-order chi connectivity index (χ0) is 21.5. The molecular weight excluding hydrogens is 394 g/mol. The van der Waals surface area contributed by atoms with Crippen molar-refractivity contribution < 1.29 is 23.2 Å². The van der Waals surface area contributed by atoms with Crippen molar-refractivity contribution in [2.45, 2.75) is 38.6 Å². The van der Waals surface area contributed by atoms with Crippen LogP contribution < -0.4 is 10.2 Å². The van der Waals surface area contributed by atoms with Gasteiger partial charge in [0.05, 0.1) is 5.41 Å². The third-order valence-corrected chi connectivity index (χ3v) is 5.66. The number of nitrogens with zero attached hydrogens (tertiary/aromatic N) is 3. The van der Waals surface area contributed by atoms with Gasteiger partial charge in [-0.2, -0.15) is 0 Å². The molecule has 1 spiro atoms. The summed E-state index contributed by atoms with van der Waals surface area (Å²) in [5.41, 5.74) is -0.675. The van der Waals surface area contributed by atoms with E-state index in [2.05, 4.69) is 15.3 Å². The van der Waals surface area contributed by atoms with E-state index in [0.29, 0.717) is 12.2 Å². The van der Waals surface area contributed by atoms with Crippen molar-refractivity contribution in [3.05, 3.63) is 53.6 Å². The van der Waals surface area contributed by atoms with Crippen molar-refractivity contribution in [3.63, 3.8) is 0 Å². The number of hydrogen-bond donors (Lipinski definition) is 1. The number of aromatic nitrogens is 2. The largest absolute Gasteiger partial charge is 0.347 e. The highest BCUT2D eigenvalue weighted by atomic mass is 19.1. The highest BCUT2D eigenvalue weighted by Gasteiger charge is 2.52. The Morgan fingerprint density at radius 3 is 2.67 bits per heavy atom. The van der Waals surface area contributed by atoms with Crippen LogP contribution in [0.5, 0.6) is 0 Å². The van der Waals surface area contributed by atoms with E-state index in [9.17, 15) is 23.2 Å². The summed E-state index contributed by atoms with van der Waals surface area (Å²) in [7, 11) is 0. The number of ketones is 1. The van der Waals surface area contributed by atoms with Gasteiger partial charge in [-0.1, -0.05) is 0 Å². The number of amides is 2. The van der Waals surface area contributed by atoms with Crippen molar-refractivity contribution in [3.8, 4) is 0 Å². The summed E-state index contributed by atoms with van der Waals surface area (Å²) < 4.78 is 27.2. The lowest BCUT2D eigenvalue weighted by molar-refractivity contribution is -0.135. The fourth-order valence-electron chi connectivity index (χ4n) is 4.40. The quantitative estimate of drug-likeness (QED) is 0.832. The minimum Gasteiger partial charge on any atom is -0.347 e. The van der Waals surface area contributed by atoms with Crippen LogP contribution >= 0.6 is 0 Å². The molecule has 1 aliphatic carbocycles. The monoisotopic (exact) mass is 414 g/mol. The molecule has 1 aromatic carbocycles. The first-order valence-corrected chi connectivity index (χ1v) is 9.66. The number of anilines is 1. The second-order valence-corrected chi connectivity index (χ2v) is 7.90. The maximum atomic E-state index is 13.6. The molecule has 2 atom stereocenters. The maximum Gasteiger partial charge on any atom is 0.270 e. The van der Waals surface area contributed by atoms with Crippen LogP contribution in [0.2, 0.25) is 0 Å². The predicted octanol–water partition coefficient (Wildman–Crippen LogP) is 2.34. The lowest BCUT2D eigenvalue weighted by Gasteiger charge is -2.36. The van der Waals surface area contributed by atoms with Gasteiger partial charge in [0.15, 0.2) is 0 Å². The Kier molecular flexibility index (Phi) is 5.05. The molecule has 0 bridgehead atoms. The fourth-order valence-corrected chi connectivity index (χ4v) is 4.40. The number of benzene rings is 1. The fraction of sp³-hybridized carbons (Fsp3) is 0.381. The molecule has 30 heavy (non-hydrogen) atoms. The zero-order valence-corrected chi connectivity index (χ0v) is 16.3. The van der Waals surface area contributed by atoms with Crippen LogP contribution in [0.3, 0.4) is 0 Å². The summed E-state index contributed by atoms with van der Waals surface area (Å²) in [6, 6.07) is 3.89. The third-order valence-electron chi connectivity index (χ3n) is 5.66. The van der Waals surface area contributed by atoms with Gasteiger partial charge in [-0.25, -0.2) is 18.7 Å². The molecule has 2 aromatic rings. The number of halogens is 2. The number of hydrogen-bond acceptors (Lipinski definition) is 5. The predicted molar refractivity (Wildman–Crippen MR) is 103 cm³/mol. The Morgan fingerprint density at radius 2 is 1.97 bits per heavy atom. The number of carbonyl (C=O) groups is 3. The Bertz CT molecular complexity index is 1020. The molecular formula is C21H20F2N4O3. The van der Waals surface area contributed by atoms with E-state index in [1.165, 1.54) is 17.2 Å². The minimum atomic E-state index is -0.988. The van der Waals surface area contributed by atoms with Gasteiger partial charge >= 0.3 is 0 Å². The van der Waals surface area contributed by atoms with Crippen LogP contribution in [0.1, 0.15) is 42.0 Å². The van der Waals surface area contributed by atoms with Crippen molar-refractivity contribution in [1.29, 1.82) is 0 Å². The molecule has 9 heteroatoms. The van der Waals surface area contributed by atoms with E-state index in [1.54, 1.807) is 6.92 Å². The van der Waals surface area contributed by atoms with E-state index in [4.69, 9.17) is 0 Å². The number of rotatable bonds is 3. The molecule has 7 nitrogen and oxygen atoms in total. The van der Waals surface area contributed by atoms with Crippen LogP contribution in [0, 0.1) is 24.0 Å². The van der Waals surface area contributed by atoms with Crippen LogP contribution in [0.15, 0.2) is 30.5 Å². The van der Waals surface area contributed by atoms with Gasteiger partial charge in [-0.05, 0) is 38.0 Å². The second kappa shape index (κ2) is 7.55. The first-order valence-electron chi connectivity index (χ1n) is 9.66. The number of carbonyl (C=O) groups excluding carboxylic acids is 3. The zero-order valence-electron chi connectivity index (χ0n) is 16.3. The number of nitrogens with one attached hydrogen (secondary N) is 1. The van der Waals surface area contributed by atoms with Gasteiger partial charge in [0, 0.05) is 43.4 Å². The molecule has 1 aliphatic heterocycles. The van der Waals surface area contributed by atoms with Gasteiger partial charge in [0.1, 0.15) is 28.9 Å². The molecule has 2 aliphatic rings. The van der Waals surface area contributed by atoms with E-state index < -0.39 is 29.0 Å². The third kappa shape index (κ3) is 3.79. The van der Waals surface area contributed by atoms with E-state index in [-0.39, 0.29) is 48.9 Å². The van der Waals surface area contributed by atoms with Crippen LogP contribution in [-0.4, -0.2) is 40.2 Å². The highest BCUT2D eigenvalue weighted by Crippen LogP contribution is 2.45. The normalized spacial score (nSPS) is 23.8. The van der Waals surface area contributed by atoms with Gasteiger partial charge < -0.3 is 10.2 Å². The van der Waals surface area contributed by atoms with Crippen LogP contribution in [0.4, 0.5) is 14.5 Å². The summed E-state index contributed by atoms with van der Waals surface area (Å²) in [6.45, 7) is 1.91. The Labute approximate surface area is 171 Å². The Balaban J connectivity index is 1.53. The molecule has 2 heterocycles. The number of Topliss-reactive ketones (excluding diaryl/α,β-unsaturated/α-hetero) is 1. The van der Waals surface area contributed by atoms with Crippen molar-refractivity contribution in [2.75, 3.05) is 11.4 Å². The summed E-state index contributed by atoms with van der Waals surface area (Å²) in [5, 5.41) is 2.80. The molecule has 156 valence electrons. The van der Waals surface area contributed by atoms with E-state index in [1.807, 2.05) is 0 Å². The molecule has 1 N–H and O–H groups in total. The lowest BCUT2D eigenvalue weighted by atomic mass is 9.70. The Morgan fingerprint density at radius 1 is 1.23 bits per heavy atom. The summed E-state index contributed by atoms with van der Waals surface area (Å²) >= 11 is 0. The summed E-state index contributed by atoms with van der Waals surface area (Å²) in [6.07, 6.45) is 2.30. The summed E-state index contributed by atoms with van der Waals surface area (Å²) in [4.78, 5) is 47.5. The van der Waals surface area contributed by atoms with E-state index >= 15 is 0 Å². The molecule has 0 radical (unpaired) electrons. The SMILES string of the molecule is Cc1nccc(C(=O)N[C@@H]2CC(=O)CC3(CCN(c4cc(F)cc(F)c4)C3=O)C2)n1. The standard InChI is InChI=1S/C21H20F2N4O3/c1-12-24-4-2-18(25-12)19(29)26-15-9-17(28)11-21(10-15)3-5-27(20(21)30)16-7-13(22)6-14(23)8-16/h2,4,6-8,15H,3,5,9-11H2,1H3,(H,26,29)/t15-,21?/m1/s1. The molecule has 2 amide bonds. The van der Waals surface area contributed by atoms with Crippen molar-refractivity contribution in [1.82, 2.24) is 15.3 Å². The molecule has 1 aromatic heterocycles. The van der Waals surface area contributed by atoms with Gasteiger partial charge in [0.2, 0.25) is 5.91 Å². The molecule has 2 fully saturated rings. The topological polar surface area (TPSA) is 92.3 Å². The molecule has 4 rings (SSSR count). The van der Waals surface area contributed by atoms with Crippen molar-refractivity contribution in [2.24, 2.45) is 5.41 Å². The average Bonchev–Trinajstić information content (AvgIpc) is 2.96.